The zero-order chi connectivity index (χ0) is 14.1. The molecule has 0 atom stereocenters. The molecule has 1 heterocycles. The fourth-order valence-electron chi connectivity index (χ4n) is 2.30. The fourth-order valence-corrected chi connectivity index (χ4v) is 2.30. The third kappa shape index (κ3) is 2.61. The SMILES string of the molecule is COC1(OC)CN(c2ccc(C(C)(C)CN)cc2)C1. The van der Waals surface area contributed by atoms with E-state index in [-0.39, 0.29) is 5.41 Å². The van der Waals surface area contributed by atoms with Crippen molar-refractivity contribution in [3.05, 3.63) is 29.8 Å². The zero-order valence-electron chi connectivity index (χ0n) is 12.3. The minimum absolute atomic E-state index is 0.0241. The third-order valence-electron chi connectivity index (χ3n) is 4.13. The Balaban J connectivity index is 2.05. The molecule has 1 saturated heterocycles. The standard InChI is InChI=1S/C15H24N2O2/c1-14(2,9-16)12-5-7-13(8-6-12)17-10-15(11-17,18-3)19-4/h5-8H,9-11,16H2,1-4H3. The maximum Gasteiger partial charge on any atom is 0.203 e. The molecule has 1 fully saturated rings. The number of benzene rings is 1. The lowest BCUT2D eigenvalue weighted by atomic mass is 9.85. The molecule has 0 unspecified atom stereocenters. The molecule has 2 N–H and O–H groups in total. The van der Waals surface area contributed by atoms with Crippen molar-refractivity contribution >= 4 is 5.69 Å². The van der Waals surface area contributed by atoms with Crippen molar-refractivity contribution in [3.8, 4) is 0 Å². The van der Waals surface area contributed by atoms with Crippen molar-refractivity contribution in [1.82, 2.24) is 0 Å². The second-order valence-electron chi connectivity index (χ2n) is 5.81. The summed E-state index contributed by atoms with van der Waals surface area (Å²) in [5.41, 5.74) is 8.29. The molecule has 1 aromatic carbocycles. The molecule has 2 rings (SSSR count). The summed E-state index contributed by atoms with van der Waals surface area (Å²) in [4.78, 5) is 2.24. The monoisotopic (exact) mass is 264 g/mol. The lowest BCUT2D eigenvalue weighted by Gasteiger charge is -2.48. The van der Waals surface area contributed by atoms with E-state index in [9.17, 15) is 0 Å². The summed E-state index contributed by atoms with van der Waals surface area (Å²) in [5, 5.41) is 0. The molecule has 0 radical (unpaired) electrons. The van der Waals surface area contributed by atoms with Gasteiger partial charge in [-0.3, -0.25) is 0 Å². The summed E-state index contributed by atoms with van der Waals surface area (Å²) < 4.78 is 10.8. The molecule has 19 heavy (non-hydrogen) atoms. The van der Waals surface area contributed by atoms with Crippen molar-refractivity contribution in [2.75, 3.05) is 38.8 Å². The highest BCUT2D eigenvalue weighted by Gasteiger charge is 2.43. The Morgan fingerprint density at radius 3 is 2.11 bits per heavy atom. The first kappa shape index (κ1) is 14.3. The normalized spacial score (nSPS) is 18.3. The van der Waals surface area contributed by atoms with Crippen molar-refractivity contribution < 1.29 is 9.47 Å². The molecular weight excluding hydrogens is 240 g/mol. The molecule has 0 spiro atoms. The molecular formula is C15H24N2O2. The van der Waals surface area contributed by atoms with Crippen molar-refractivity contribution in [1.29, 1.82) is 0 Å². The molecule has 4 nitrogen and oxygen atoms in total. The molecule has 0 aliphatic carbocycles. The summed E-state index contributed by atoms with van der Waals surface area (Å²) in [6.07, 6.45) is 0. The lowest BCUT2D eigenvalue weighted by Crippen LogP contribution is -2.64. The highest BCUT2D eigenvalue weighted by atomic mass is 16.7. The van der Waals surface area contributed by atoms with Gasteiger partial charge in [-0.1, -0.05) is 26.0 Å². The second kappa shape index (κ2) is 5.12. The first-order chi connectivity index (χ1) is 8.96. The zero-order valence-corrected chi connectivity index (χ0v) is 12.3. The number of hydrogen-bond acceptors (Lipinski definition) is 4. The Morgan fingerprint density at radius 1 is 1.16 bits per heavy atom. The largest absolute Gasteiger partial charge is 0.361 e. The lowest BCUT2D eigenvalue weighted by molar-refractivity contribution is -0.219. The smallest absolute Gasteiger partial charge is 0.203 e. The van der Waals surface area contributed by atoms with Crippen LogP contribution in [0.4, 0.5) is 5.69 Å². The van der Waals surface area contributed by atoms with E-state index in [1.165, 1.54) is 11.3 Å². The van der Waals surface area contributed by atoms with Gasteiger partial charge in [-0.25, -0.2) is 0 Å². The van der Waals surface area contributed by atoms with E-state index >= 15 is 0 Å². The van der Waals surface area contributed by atoms with Crippen LogP contribution in [0.3, 0.4) is 0 Å². The molecule has 0 aromatic heterocycles. The number of nitrogens with zero attached hydrogens (tertiary/aromatic N) is 1. The van der Waals surface area contributed by atoms with Crippen molar-refractivity contribution in [3.63, 3.8) is 0 Å². The van der Waals surface area contributed by atoms with Crippen molar-refractivity contribution in [2.45, 2.75) is 25.0 Å². The maximum atomic E-state index is 5.80. The van der Waals surface area contributed by atoms with Crippen LogP contribution in [0.5, 0.6) is 0 Å². The average Bonchev–Trinajstić information content (AvgIpc) is 2.39. The Kier molecular flexibility index (Phi) is 3.85. The minimum atomic E-state index is -0.435. The Hall–Kier alpha value is -1.10. The van der Waals surface area contributed by atoms with Crippen LogP contribution in [0.1, 0.15) is 19.4 Å². The minimum Gasteiger partial charge on any atom is -0.361 e. The van der Waals surface area contributed by atoms with Gasteiger partial charge in [-0.15, -0.1) is 0 Å². The summed E-state index contributed by atoms with van der Waals surface area (Å²) in [5.74, 6) is -0.435. The van der Waals surface area contributed by atoms with E-state index in [0.29, 0.717) is 6.54 Å². The molecule has 1 aliphatic rings. The van der Waals surface area contributed by atoms with Crippen molar-refractivity contribution in [2.24, 2.45) is 5.73 Å². The molecule has 1 aliphatic heterocycles. The van der Waals surface area contributed by atoms with E-state index in [1.54, 1.807) is 14.2 Å². The van der Waals surface area contributed by atoms with Gasteiger partial charge in [0.1, 0.15) is 0 Å². The summed E-state index contributed by atoms with van der Waals surface area (Å²) in [6, 6.07) is 8.59. The van der Waals surface area contributed by atoms with E-state index in [1.807, 2.05) is 0 Å². The number of rotatable bonds is 5. The fraction of sp³-hybridized carbons (Fsp3) is 0.600. The Bertz CT molecular complexity index is 416. The number of methoxy groups -OCH3 is 2. The first-order valence-corrected chi connectivity index (χ1v) is 6.62. The number of anilines is 1. The molecule has 1 aromatic rings. The van der Waals surface area contributed by atoms with E-state index in [2.05, 4.69) is 43.0 Å². The molecule has 0 saturated carbocycles. The van der Waals surface area contributed by atoms with Gasteiger partial charge in [0.15, 0.2) is 0 Å². The van der Waals surface area contributed by atoms with E-state index < -0.39 is 5.79 Å². The molecule has 0 amide bonds. The third-order valence-corrected chi connectivity index (χ3v) is 4.13. The highest BCUT2D eigenvalue weighted by molar-refractivity contribution is 5.51. The highest BCUT2D eigenvalue weighted by Crippen LogP contribution is 2.32. The van der Waals surface area contributed by atoms with E-state index in [4.69, 9.17) is 15.2 Å². The van der Waals surface area contributed by atoms with Gasteiger partial charge < -0.3 is 20.1 Å². The van der Waals surface area contributed by atoms with Crippen LogP contribution in [0.15, 0.2) is 24.3 Å². The van der Waals surface area contributed by atoms with Crippen LogP contribution >= 0.6 is 0 Å². The summed E-state index contributed by atoms with van der Waals surface area (Å²) in [6.45, 7) is 6.49. The number of nitrogens with two attached hydrogens (primary N) is 1. The van der Waals surface area contributed by atoms with Crippen LogP contribution in [-0.4, -0.2) is 39.6 Å². The Labute approximate surface area is 115 Å². The van der Waals surface area contributed by atoms with Gasteiger partial charge in [-0.05, 0) is 17.7 Å². The van der Waals surface area contributed by atoms with E-state index in [0.717, 1.165) is 13.1 Å². The second-order valence-corrected chi connectivity index (χ2v) is 5.81. The van der Waals surface area contributed by atoms with Crippen LogP contribution in [0, 0.1) is 0 Å². The number of hydrogen-bond donors (Lipinski definition) is 1. The average molecular weight is 264 g/mol. The predicted molar refractivity (Wildman–Crippen MR) is 77.5 cm³/mol. The van der Waals surface area contributed by atoms with Gasteiger partial charge in [0.25, 0.3) is 0 Å². The quantitative estimate of drug-likeness (QED) is 0.823. The topological polar surface area (TPSA) is 47.7 Å². The van der Waals surface area contributed by atoms with Crippen LogP contribution in [-0.2, 0) is 14.9 Å². The maximum absolute atomic E-state index is 5.80. The van der Waals surface area contributed by atoms with Crippen LogP contribution in [0.2, 0.25) is 0 Å². The molecule has 106 valence electrons. The summed E-state index contributed by atoms with van der Waals surface area (Å²) in [7, 11) is 3.38. The van der Waals surface area contributed by atoms with Gasteiger partial charge in [0.2, 0.25) is 5.79 Å². The molecule has 4 heteroatoms. The first-order valence-electron chi connectivity index (χ1n) is 6.62. The van der Waals surface area contributed by atoms with Gasteiger partial charge in [0.05, 0.1) is 13.1 Å². The van der Waals surface area contributed by atoms with Gasteiger partial charge >= 0.3 is 0 Å². The molecule has 0 bridgehead atoms. The van der Waals surface area contributed by atoms with Crippen LogP contribution < -0.4 is 10.6 Å². The summed E-state index contributed by atoms with van der Waals surface area (Å²) >= 11 is 0. The Morgan fingerprint density at radius 2 is 1.68 bits per heavy atom. The predicted octanol–water partition coefficient (Wildman–Crippen LogP) is 1.73. The van der Waals surface area contributed by atoms with Gasteiger partial charge in [0, 0.05) is 31.9 Å². The number of ether oxygens (including phenoxy) is 2. The van der Waals surface area contributed by atoms with Crippen LogP contribution in [0.25, 0.3) is 0 Å². The van der Waals surface area contributed by atoms with Gasteiger partial charge in [-0.2, -0.15) is 0 Å².